The number of carbonyl (C=O) groups excluding carboxylic acids is 1. The van der Waals surface area contributed by atoms with Gasteiger partial charge in [0.2, 0.25) is 5.91 Å². The molecule has 0 saturated heterocycles. The molecule has 1 amide bonds. The zero-order valence-electron chi connectivity index (χ0n) is 9.75. The summed E-state index contributed by atoms with van der Waals surface area (Å²) < 4.78 is 5.10. The fourth-order valence-corrected chi connectivity index (χ4v) is 1.94. The zero-order valence-corrected chi connectivity index (χ0v) is 9.75. The molecule has 1 unspecified atom stereocenters. The number of hydrogen-bond acceptors (Lipinski definition) is 4. The molecule has 0 radical (unpaired) electrons. The Balaban J connectivity index is 1.94. The highest BCUT2D eigenvalue weighted by atomic mass is 16.5. The summed E-state index contributed by atoms with van der Waals surface area (Å²) in [5.41, 5.74) is 1.72. The molecule has 1 atom stereocenters. The second kappa shape index (κ2) is 4.10. The lowest BCUT2D eigenvalue weighted by molar-refractivity contribution is -0.120. The van der Waals surface area contributed by atoms with E-state index in [0.29, 0.717) is 5.84 Å². The van der Waals surface area contributed by atoms with Crippen molar-refractivity contribution in [3.05, 3.63) is 35.9 Å². The molecule has 0 fully saturated rings. The maximum Gasteiger partial charge on any atom is 0.239 e. The average molecular weight is 241 g/mol. The summed E-state index contributed by atoms with van der Waals surface area (Å²) in [6, 6.07) is 7.55. The van der Waals surface area contributed by atoms with Crippen LogP contribution in [0.4, 0.5) is 0 Å². The van der Waals surface area contributed by atoms with E-state index in [2.05, 4.69) is 15.3 Å². The number of hydrogen-bond donors (Lipinski definition) is 1. The van der Waals surface area contributed by atoms with E-state index < -0.39 is 0 Å². The number of methoxy groups -OCH3 is 1. The third-order valence-electron chi connectivity index (χ3n) is 2.91. The average Bonchev–Trinajstić information content (AvgIpc) is 2.84. The van der Waals surface area contributed by atoms with Gasteiger partial charge in [-0.3, -0.25) is 4.79 Å². The Bertz CT molecular complexity index is 585. The molecule has 0 bridgehead atoms. The van der Waals surface area contributed by atoms with Gasteiger partial charge in [-0.05, 0) is 30.3 Å². The molecule has 5 nitrogen and oxygen atoms in total. The minimum atomic E-state index is -0.368. The predicted molar refractivity (Wildman–Crippen MR) is 68.5 cm³/mol. The minimum Gasteiger partial charge on any atom is -0.497 e. The minimum absolute atomic E-state index is 0.0905. The van der Waals surface area contributed by atoms with Crippen LogP contribution < -0.4 is 10.1 Å². The molecule has 2 aliphatic heterocycles. The maximum absolute atomic E-state index is 11.6. The monoisotopic (exact) mass is 241 g/mol. The summed E-state index contributed by atoms with van der Waals surface area (Å²) in [4.78, 5) is 20.0. The van der Waals surface area contributed by atoms with Gasteiger partial charge in [-0.15, -0.1) is 0 Å². The first-order valence-corrected chi connectivity index (χ1v) is 5.55. The first-order valence-electron chi connectivity index (χ1n) is 5.55. The van der Waals surface area contributed by atoms with E-state index >= 15 is 0 Å². The Morgan fingerprint density at radius 1 is 1.28 bits per heavy atom. The number of nitrogens with zero attached hydrogens (tertiary/aromatic N) is 2. The highest BCUT2D eigenvalue weighted by Gasteiger charge is 2.29. The third-order valence-corrected chi connectivity index (χ3v) is 2.91. The molecule has 0 aliphatic carbocycles. The third kappa shape index (κ3) is 1.69. The van der Waals surface area contributed by atoms with Crippen LogP contribution in [0, 0.1) is 5.92 Å². The van der Waals surface area contributed by atoms with E-state index in [4.69, 9.17) is 4.74 Å². The van der Waals surface area contributed by atoms with E-state index in [1.165, 1.54) is 6.34 Å². The van der Waals surface area contributed by atoms with Crippen molar-refractivity contribution in [1.82, 2.24) is 5.32 Å². The Morgan fingerprint density at radius 3 is 2.72 bits per heavy atom. The highest BCUT2D eigenvalue weighted by molar-refractivity contribution is 6.17. The number of nitrogens with one attached hydrogen (secondary N) is 1. The van der Waals surface area contributed by atoms with Gasteiger partial charge < -0.3 is 10.1 Å². The van der Waals surface area contributed by atoms with Gasteiger partial charge in [0.25, 0.3) is 0 Å². The molecule has 1 aromatic carbocycles. The van der Waals surface area contributed by atoms with Crippen LogP contribution >= 0.6 is 0 Å². The number of carbonyl (C=O) groups is 1. The Labute approximate surface area is 104 Å². The molecule has 5 heteroatoms. The van der Waals surface area contributed by atoms with Crippen LogP contribution in [0.25, 0.3) is 5.70 Å². The number of benzene rings is 1. The van der Waals surface area contributed by atoms with E-state index in [1.54, 1.807) is 7.11 Å². The summed E-state index contributed by atoms with van der Waals surface area (Å²) >= 11 is 0. The standard InChI is InChI=1S/C13H11N3O2/c1-18-9-4-2-8(3-5-9)11-6-10-12(16-11)14-7-15-13(10)17/h2-7,10H,1H3,(H,14,15,16,17). The maximum atomic E-state index is 11.6. The molecule has 3 rings (SSSR count). The first-order chi connectivity index (χ1) is 8.78. The van der Waals surface area contributed by atoms with Gasteiger partial charge in [0.1, 0.15) is 17.5 Å². The summed E-state index contributed by atoms with van der Waals surface area (Å²) in [5.74, 6) is 0.877. The fraction of sp³-hybridized carbons (Fsp3) is 0.154. The number of ether oxygens (including phenoxy) is 1. The Hall–Kier alpha value is -2.43. The number of fused-ring (bicyclic) bond motifs is 1. The van der Waals surface area contributed by atoms with E-state index in [-0.39, 0.29) is 11.8 Å². The highest BCUT2D eigenvalue weighted by Crippen LogP contribution is 2.28. The molecular weight excluding hydrogens is 230 g/mol. The molecule has 2 aliphatic rings. The van der Waals surface area contributed by atoms with Crippen LogP contribution in [0.15, 0.2) is 40.3 Å². The van der Waals surface area contributed by atoms with Crippen molar-refractivity contribution in [1.29, 1.82) is 0 Å². The van der Waals surface area contributed by atoms with Crippen molar-refractivity contribution in [3.63, 3.8) is 0 Å². The SMILES string of the molecule is COc1ccc(C2=CC3C(=O)NC=NC3=N2)cc1. The Morgan fingerprint density at radius 2 is 2.06 bits per heavy atom. The molecule has 90 valence electrons. The Kier molecular flexibility index (Phi) is 2.44. The fourth-order valence-electron chi connectivity index (χ4n) is 1.94. The van der Waals surface area contributed by atoms with Gasteiger partial charge in [-0.25, -0.2) is 9.98 Å². The zero-order chi connectivity index (χ0) is 12.5. The largest absolute Gasteiger partial charge is 0.497 e. The van der Waals surface area contributed by atoms with Gasteiger partial charge in [0.05, 0.1) is 19.1 Å². The van der Waals surface area contributed by atoms with Crippen molar-refractivity contribution >= 4 is 23.8 Å². The van der Waals surface area contributed by atoms with E-state index in [1.807, 2.05) is 30.3 Å². The summed E-state index contributed by atoms with van der Waals surface area (Å²) in [6.45, 7) is 0. The number of rotatable bonds is 2. The molecule has 0 spiro atoms. The van der Waals surface area contributed by atoms with Gasteiger partial charge in [0.15, 0.2) is 0 Å². The molecule has 0 saturated carbocycles. The van der Waals surface area contributed by atoms with Crippen LogP contribution in [0.3, 0.4) is 0 Å². The number of aliphatic imine (C=N–C) groups is 2. The molecule has 2 heterocycles. The number of amides is 1. The summed E-state index contributed by atoms with van der Waals surface area (Å²) in [7, 11) is 1.62. The van der Waals surface area contributed by atoms with Gasteiger partial charge >= 0.3 is 0 Å². The van der Waals surface area contributed by atoms with E-state index in [0.717, 1.165) is 17.0 Å². The lowest BCUT2D eigenvalue weighted by atomic mass is 10.1. The van der Waals surface area contributed by atoms with Crippen molar-refractivity contribution in [3.8, 4) is 5.75 Å². The van der Waals surface area contributed by atoms with Crippen molar-refractivity contribution in [2.45, 2.75) is 0 Å². The summed E-state index contributed by atoms with van der Waals surface area (Å²) in [5, 5.41) is 2.57. The van der Waals surface area contributed by atoms with Crippen molar-refractivity contribution in [2.75, 3.05) is 7.11 Å². The first kappa shape index (κ1) is 10.7. The lowest BCUT2D eigenvalue weighted by Gasteiger charge is -2.10. The van der Waals surface area contributed by atoms with E-state index in [9.17, 15) is 4.79 Å². The molecule has 1 N–H and O–H groups in total. The molecule has 18 heavy (non-hydrogen) atoms. The quantitative estimate of drug-likeness (QED) is 0.846. The van der Waals surface area contributed by atoms with Crippen LogP contribution in [0.1, 0.15) is 5.56 Å². The van der Waals surface area contributed by atoms with Crippen LogP contribution in [0.5, 0.6) is 5.75 Å². The van der Waals surface area contributed by atoms with Crippen LogP contribution in [0.2, 0.25) is 0 Å². The lowest BCUT2D eigenvalue weighted by Crippen LogP contribution is -2.36. The van der Waals surface area contributed by atoms with Gasteiger partial charge in [-0.1, -0.05) is 0 Å². The van der Waals surface area contributed by atoms with Crippen molar-refractivity contribution in [2.24, 2.45) is 15.9 Å². The number of amidine groups is 1. The van der Waals surface area contributed by atoms with Gasteiger partial charge in [-0.2, -0.15) is 0 Å². The van der Waals surface area contributed by atoms with Gasteiger partial charge in [0, 0.05) is 5.56 Å². The normalized spacial score (nSPS) is 20.9. The second-order valence-electron chi connectivity index (χ2n) is 3.99. The smallest absolute Gasteiger partial charge is 0.239 e. The van der Waals surface area contributed by atoms with Crippen LogP contribution in [-0.2, 0) is 4.79 Å². The molecule has 1 aromatic rings. The van der Waals surface area contributed by atoms with Crippen LogP contribution in [-0.4, -0.2) is 25.2 Å². The molecular formula is C13H11N3O2. The van der Waals surface area contributed by atoms with Crippen molar-refractivity contribution < 1.29 is 9.53 Å². The second-order valence-corrected chi connectivity index (χ2v) is 3.99. The predicted octanol–water partition coefficient (Wildman–Crippen LogP) is 1.22. The summed E-state index contributed by atoms with van der Waals surface area (Å²) in [6.07, 6.45) is 3.20. The topological polar surface area (TPSA) is 63.0 Å². The molecule has 0 aromatic heterocycles.